The van der Waals surface area contributed by atoms with Crippen molar-refractivity contribution in [3.63, 3.8) is 0 Å². The van der Waals surface area contributed by atoms with Crippen molar-refractivity contribution in [1.82, 2.24) is 5.32 Å². The molecule has 0 aliphatic carbocycles. The van der Waals surface area contributed by atoms with Crippen LogP contribution in [-0.4, -0.2) is 118 Å². The number of aliphatic hydroxyl groups excluding tert-OH is 6. The molecule has 2 rings (SSSR count). The SMILES string of the molecule is CCCO[C@@H]1O[C@H](CO)[C@@H](O[C@@H]2O[C@H](CO)[C@H](O)[C@H](O)[C@H]2O)[C@H](O)[C@H]1NC(C)=O. The van der Waals surface area contributed by atoms with Crippen molar-refractivity contribution < 1.29 is 54.4 Å². The molecule has 0 saturated carbocycles. The van der Waals surface area contributed by atoms with E-state index in [1.54, 1.807) is 0 Å². The van der Waals surface area contributed by atoms with Crippen LogP contribution in [0.2, 0.25) is 0 Å². The first-order chi connectivity index (χ1) is 13.7. The zero-order chi connectivity index (χ0) is 21.7. The Morgan fingerprint density at radius 2 is 1.55 bits per heavy atom. The van der Waals surface area contributed by atoms with Crippen LogP contribution in [0.15, 0.2) is 0 Å². The summed E-state index contributed by atoms with van der Waals surface area (Å²) in [6.07, 6.45) is -11.9. The van der Waals surface area contributed by atoms with E-state index in [1.165, 1.54) is 6.92 Å². The molecule has 10 atom stereocenters. The van der Waals surface area contributed by atoms with Crippen LogP contribution in [0.3, 0.4) is 0 Å². The van der Waals surface area contributed by atoms with E-state index in [-0.39, 0.29) is 6.61 Å². The zero-order valence-corrected chi connectivity index (χ0v) is 16.3. The van der Waals surface area contributed by atoms with Gasteiger partial charge in [-0.1, -0.05) is 6.92 Å². The predicted octanol–water partition coefficient (Wildman–Crippen LogP) is -3.82. The maximum Gasteiger partial charge on any atom is 0.217 e. The third-order valence-electron chi connectivity index (χ3n) is 4.85. The molecule has 0 aromatic rings. The quantitative estimate of drug-likeness (QED) is 0.202. The third kappa shape index (κ3) is 5.61. The van der Waals surface area contributed by atoms with E-state index in [2.05, 4.69) is 5.32 Å². The molecule has 12 heteroatoms. The maximum absolute atomic E-state index is 11.6. The lowest BCUT2D eigenvalue weighted by atomic mass is 9.95. The van der Waals surface area contributed by atoms with Gasteiger partial charge in [0, 0.05) is 13.5 Å². The Balaban J connectivity index is 2.19. The molecular formula is C17H31NO11. The summed E-state index contributed by atoms with van der Waals surface area (Å²) < 4.78 is 22.0. The van der Waals surface area contributed by atoms with Crippen LogP contribution in [0.4, 0.5) is 0 Å². The second-order valence-electron chi connectivity index (χ2n) is 7.11. The molecule has 2 saturated heterocycles. The fourth-order valence-corrected chi connectivity index (χ4v) is 3.33. The minimum atomic E-state index is -1.70. The predicted molar refractivity (Wildman–Crippen MR) is 94.2 cm³/mol. The number of nitrogens with one attached hydrogen (secondary N) is 1. The Morgan fingerprint density at radius 3 is 2.10 bits per heavy atom. The Morgan fingerprint density at radius 1 is 0.931 bits per heavy atom. The minimum Gasteiger partial charge on any atom is -0.394 e. The Bertz CT molecular complexity index is 522. The average Bonchev–Trinajstić information content (AvgIpc) is 2.69. The highest BCUT2D eigenvalue weighted by atomic mass is 16.7. The Labute approximate surface area is 167 Å². The summed E-state index contributed by atoms with van der Waals surface area (Å²) in [7, 11) is 0. The Kier molecular flexibility index (Phi) is 9.15. The molecule has 0 unspecified atom stereocenters. The summed E-state index contributed by atoms with van der Waals surface area (Å²) in [4.78, 5) is 11.6. The maximum atomic E-state index is 11.6. The van der Waals surface area contributed by atoms with Crippen LogP contribution in [0.25, 0.3) is 0 Å². The Hall–Kier alpha value is -0.930. The molecular weight excluding hydrogens is 394 g/mol. The molecule has 2 heterocycles. The molecule has 2 fully saturated rings. The first-order valence-corrected chi connectivity index (χ1v) is 9.54. The second kappa shape index (κ2) is 10.9. The fourth-order valence-electron chi connectivity index (χ4n) is 3.33. The molecule has 1 amide bonds. The van der Waals surface area contributed by atoms with E-state index in [1.807, 2.05) is 6.92 Å². The number of carbonyl (C=O) groups is 1. The van der Waals surface area contributed by atoms with E-state index >= 15 is 0 Å². The first kappa shape index (κ1) is 24.3. The smallest absolute Gasteiger partial charge is 0.217 e. The number of ether oxygens (including phenoxy) is 4. The van der Waals surface area contributed by atoms with Gasteiger partial charge in [0.25, 0.3) is 0 Å². The number of amides is 1. The second-order valence-corrected chi connectivity index (χ2v) is 7.11. The molecule has 2 aliphatic heterocycles. The number of aliphatic hydroxyl groups is 6. The number of carbonyl (C=O) groups excluding carboxylic acids is 1. The first-order valence-electron chi connectivity index (χ1n) is 9.54. The van der Waals surface area contributed by atoms with Crippen LogP contribution in [0, 0.1) is 0 Å². The average molecular weight is 425 g/mol. The minimum absolute atomic E-state index is 0.282. The monoisotopic (exact) mass is 425 g/mol. The molecule has 0 radical (unpaired) electrons. The lowest BCUT2D eigenvalue weighted by molar-refractivity contribution is -0.348. The number of rotatable bonds is 8. The normalized spacial score (nSPS) is 43.2. The van der Waals surface area contributed by atoms with E-state index in [0.29, 0.717) is 6.42 Å². The lowest BCUT2D eigenvalue weighted by Crippen LogP contribution is -2.67. The van der Waals surface area contributed by atoms with E-state index in [0.717, 1.165) is 0 Å². The molecule has 0 spiro atoms. The summed E-state index contributed by atoms with van der Waals surface area (Å²) in [5.41, 5.74) is 0. The van der Waals surface area contributed by atoms with Gasteiger partial charge in [-0.3, -0.25) is 4.79 Å². The van der Waals surface area contributed by atoms with E-state index in [4.69, 9.17) is 18.9 Å². The largest absolute Gasteiger partial charge is 0.394 e. The van der Waals surface area contributed by atoms with Gasteiger partial charge < -0.3 is 54.9 Å². The molecule has 0 aromatic heterocycles. The van der Waals surface area contributed by atoms with Crippen molar-refractivity contribution in [3.8, 4) is 0 Å². The standard InChI is InChI=1S/C17H31NO11/c1-3-4-26-16-10(18-7(2)21)12(23)15(9(6-20)28-16)29-17-14(25)13(24)11(22)8(5-19)27-17/h8-17,19-20,22-25H,3-6H2,1-2H3,(H,18,21)/t8-,9-,10-,11+,12-,13+,14-,15-,16-,17+/m1/s1. The molecule has 2 aliphatic rings. The summed E-state index contributed by atoms with van der Waals surface area (Å²) in [5, 5.41) is 62.2. The summed E-state index contributed by atoms with van der Waals surface area (Å²) >= 11 is 0. The van der Waals surface area contributed by atoms with Gasteiger partial charge in [0.05, 0.1) is 13.2 Å². The van der Waals surface area contributed by atoms with Gasteiger partial charge in [-0.15, -0.1) is 0 Å². The van der Waals surface area contributed by atoms with Gasteiger partial charge in [0.1, 0.15) is 48.8 Å². The summed E-state index contributed by atoms with van der Waals surface area (Å²) in [6, 6.07) is -1.04. The van der Waals surface area contributed by atoms with Gasteiger partial charge in [0.2, 0.25) is 5.91 Å². The van der Waals surface area contributed by atoms with Crippen molar-refractivity contribution in [1.29, 1.82) is 0 Å². The third-order valence-corrected chi connectivity index (χ3v) is 4.85. The van der Waals surface area contributed by atoms with Gasteiger partial charge in [0.15, 0.2) is 12.6 Å². The van der Waals surface area contributed by atoms with Crippen LogP contribution in [0.5, 0.6) is 0 Å². The highest BCUT2D eigenvalue weighted by Gasteiger charge is 2.51. The highest BCUT2D eigenvalue weighted by molar-refractivity contribution is 5.73. The van der Waals surface area contributed by atoms with Crippen LogP contribution in [-0.2, 0) is 23.7 Å². The van der Waals surface area contributed by atoms with Crippen LogP contribution >= 0.6 is 0 Å². The van der Waals surface area contributed by atoms with E-state index in [9.17, 15) is 35.4 Å². The van der Waals surface area contributed by atoms with Gasteiger partial charge >= 0.3 is 0 Å². The molecule has 170 valence electrons. The summed E-state index contributed by atoms with van der Waals surface area (Å²) in [5.74, 6) is -0.461. The van der Waals surface area contributed by atoms with Crippen molar-refractivity contribution in [2.75, 3.05) is 19.8 Å². The molecule has 0 aromatic carbocycles. The van der Waals surface area contributed by atoms with Crippen molar-refractivity contribution >= 4 is 5.91 Å². The van der Waals surface area contributed by atoms with Crippen molar-refractivity contribution in [3.05, 3.63) is 0 Å². The van der Waals surface area contributed by atoms with Gasteiger partial charge in [-0.05, 0) is 6.42 Å². The highest BCUT2D eigenvalue weighted by Crippen LogP contribution is 2.29. The fraction of sp³-hybridized carbons (Fsp3) is 0.941. The lowest BCUT2D eigenvalue weighted by Gasteiger charge is -2.47. The van der Waals surface area contributed by atoms with Gasteiger partial charge in [-0.25, -0.2) is 0 Å². The number of hydrogen-bond donors (Lipinski definition) is 7. The molecule has 0 bridgehead atoms. The molecule has 29 heavy (non-hydrogen) atoms. The summed E-state index contributed by atoms with van der Waals surface area (Å²) in [6.45, 7) is 2.15. The zero-order valence-electron chi connectivity index (χ0n) is 16.3. The van der Waals surface area contributed by atoms with Gasteiger partial charge in [-0.2, -0.15) is 0 Å². The molecule has 7 N–H and O–H groups in total. The van der Waals surface area contributed by atoms with Crippen LogP contribution < -0.4 is 5.32 Å². The topological polar surface area (TPSA) is 187 Å². The van der Waals surface area contributed by atoms with Crippen LogP contribution in [0.1, 0.15) is 20.3 Å². The van der Waals surface area contributed by atoms with Crippen molar-refractivity contribution in [2.45, 2.75) is 81.6 Å². The van der Waals surface area contributed by atoms with Crippen molar-refractivity contribution in [2.24, 2.45) is 0 Å². The molecule has 12 nitrogen and oxygen atoms in total. The number of hydrogen-bond acceptors (Lipinski definition) is 11. The van der Waals surface area contributed by atoms with E-state index < -0.39 is 80.5 Å².